The summed E-state index contributed by atoms with van der Waals surface area (Å²) in [7, 11) is 0. The largest absolute Gasteiger partial charge is 0.480 e. The fourth-order valence-electron chi connectivity index (χ4n) is 5.29. The van der Waals surface area contributed by atoms with Crippen LogP contribution in [0.3, 0.4) is 0 Å². The number of ether oxygens (including phenoxy) is 1. The molecule has 6 N–H and O–H groups in total. The molecule has 3 atom stereocenters. The van der Waals surface area contributed by atoms with Crippen molar-refractivity contribution in [3.8, 4) is 11.6 Å². The van der Waals surface area contributed by atoms with Gasteiger partial charge in [0, 0.05) is 40.4 Å². The van der Waals surface area contributed by atoms with Crippen molar-refractivity contribution >= 4 is 35.0 Å². The number of nitrogens with zero attached hydrogens (tertiary/aromatic N) is 4. The summed E-state index contributed by atoms with van der Waals surface area (Å²) < 4.78 is 50.4. The van der Waals surface area contributed by atoms with Gasteiger partial charge in [-0.15, -0.1) is 0 Å². The van der Waals surface area contributed by atoms with Gasteiger partial charge in [0.25, 0.3) is 5.91 Å². The van der Waals surface area contributed by atoms with E-state index in [2.05, 4.69) is 20.4 Å². The van der Waals surface area contributed by atoms with Crippen LogP contribution >= 0.6 is 11.6 Å². The van der Waals surface area contributed by atoms with Crippen molar-refractivity contribution in [2.45, 2.75) is 44.0 Å². The number of halogens is 4. The maximum absolute atomic E-state index is 14.5. The lowest BCUT2D eigenvalue weighted by molar-refractivity contribution is -0.198. The van der Waals surface area contributed by atoms with Crippen LogP contribution in [0.1, 0.15) is 57.7 Å². The van der Waals surface area contributed by atoms with Crippen LogP contribution in [0.5, 0.6) is 5.88 Å². The van der Waals surface area contributed by atoms with Crippen LogP contribution in [0.4, 0.5) is 19.1 Å². The Kier molecular flexibility index (Phi) is 9.30. The number of hydrogen-bond donors (Lipinski definition) is 4. The summed E-state index contributed by atoms with van der Waals surface area (Å²) in [5, 5.41) is 15.6. The van der Waals surface area contributed by atoms with Gasteiger partial charge in [-0.2, -0.15) is 23.3 Å². The number of carbonyl (C=O) groups excluding carboxylic acids is 1. The monoisotopic (exact) mass is 655 g/mol. The molecule has 5 rings (SSSR count). The highest BCUT2D eigenvalue weighted by Crippen LogP contribution is 2.41. The van der Waals surface area contributed by atoms with Crippen molar-refractivity contribution in [3.63, 3.8) is 0 Å². The van der Waals surface area contributed by atoms with Crippen LogP contribution in [0.2, 0.25) is 5.02 Å². The van der Waals surface area contributed by atoms with Gasteiger partial charge in [-0.3, -0.25) is 9.59 Å². The molecule has 0 saturated carbocycles. The highest BCUT2D eigenvalue weighted by molar-refractivity contribution is 6.30. The van der Waals surface area contributed by atoms with Crippen molar-refractivity contribution < 1.29 is 32.6 Å². The Bertz CT molecular complexity index is 1810. The third-order valence-corrected chi connectivity index (χ3v) is 7.62. The maximum atomic E-state index is 14.5. The second-order valence-corrected chi connectivity index (χ2v) is 11.1. The molecule has 2 aromatic carbocycles. The zero-order valence-electron chi connectivity index (χ0n) is 24.3. The zero-order chi connectivity index (χ0) is 33.2. The summed E-state index contributed by atoms with van der Waals surface area (Å²) in [5.74, 6) is -2.57. The van der Waals surface area contributed by atoms with Crippen molar-refractivity contribution in [3.05, 3.63) is 100.0 Å². The van der Waals surface area contributed by atoms with Crippen molar-refractivity contribution in [1.82, 2.24) is 25.1 Å². The first-order chi connectivity index (χ1) is 21.8. The molecule has 46 heavy (non-hydrogen) atoms. The lowest BCUT2D eigenvalue weighted by Crippen LogP contribution is -2.31. The number of nitrogens with two attached hydrogens (primary N) is 2. The first-order valence-corrected chi connectivity index (χ1v) is 14.4. The Morgan fingerprint density at radius 3 is 2.63 bits per heavy atom. The van der Waals surface area contributed by atoms with E-state index in [1.54, 1.807) is 37.3 Å². The number of anilines is 1. The number of carboxylic acids is 1. The second-order valence-electron chi connectivity index (χ2n) is 10.7. The van der Waals surface area contributed by atoms with Gasteiger partial charge in [-0.25, -0.2) is 9.67 Å². The molecule has 1 aliphatic rings. The van der Waals surface area contributed by atoms with Crippen LogP contribution < -0.4 is 21.5 Å². The number of nitrogens with one attached hydrogen (secondary N) is 1. The number of carboxylic acid groups (broad SMARTS) is 1. The van der Waals surface area contributed by atoms with Gasteiger partial charge >= 0.3 is 12.1 Å². The predicted molar refractivity (Wildman–Crippen MR) is 164 cm³/mol. The minimum Gasteiger partial charge on any atom is -0.480 e. The smallest absolute Gasteiger partial charge is 0.429 e. The fraction of sp³-hybridized carbons (Fsp3) is 0.258. The van der Waals surface area contributed by atoms with E-state index in [-0.39, 0.29) is 45.3 Å². The number of nitrogen functional groups attached to an aromatic ring is 1. The number of rotatable bonds is 9. The molecule has 1 aliphatic carbocycles. The number of amides is 1. The molecular weight excluding hydrogens is 627 g/mol. The molecule has 0 bridgehead atoms. The highest BCUT2D eigenvalue weighted by atomic mass is 35.5. The lowest BCUT2D eigenvalue weighted by atomic mass is 9.80. The van der Waals surface area contributed by atoms with Gasteiger partial charge in [0.05, 0.1) is 17.1 Å². The Balaban J connectivity index is 1.41. The molecule has 2 aromatic heterocycles. The first-order valence-electron chi connectivity index (χ1n) is 14.0. The number of aromatic nitrogens is 4. The standard InChI is InChI=1S/C31H29ClF3N7O4/c1-16-9-10-42(41-16)25-13-20(32)6-8-22(25)28(31(33,34)35)46-26-14-24(39-30(37)40-26)18-5-7-21(23(36)12-18)17-3-2-4-19(11-17)29(45)38-15-27(43)44/h2-4,6,8-14,21,23,28H,5,7,15,36H2,1H3,(H,38,45)(H,43,44)(H2,37,39,40)/t21?,23-,28+/m0/s1. The molecule has 11 nitrogen and oxygen atoms in total. The van der Waals surface area contributed by atoms with E-state index in [9.17, 15) is 22.8 Å². The number of benzene rings is 2. The molecule has 4 aromatic rings. The quantitative estimate of drug-likeness (QED) is 0.194. The van der Waals surface area contributed by atoms with Crippen LogP contribution in [0, 0.1) is 6.92 Å². The number of aryl methyl sites for hydroxylation is 1. The van der Waals surface area contributed by atoms with Gasteiger partial charge in [0.2, 0.25) is 17.9 Å². The van der Waals surface area contributed by atoms with Gasteiger partial charge in [0.15, 0.2) is 0 Å². The number of carbonyl (C=O) groups is 2. The van der Waals surface area contributed by atoms with Gasteiger partial charge in [-0.05, 0) is 61.2 Å². The molecule has 240 valence electrons. The van der Waals surface area contributed by atoms with Gasteiger partial charge in [0.1, 0.15) is 6.54 Å². The van der Waals surface area contributed by atoms with Crippen molar-refractivity contribution in [1.29, 1.82) is 0 Å². The lowest BCUT2D eigenvalue weighted by Gasteiger charge is -2.28. The third kappa shape index (κ3) is 7.46. The predicted octanol–water partition coefficient (Wildman–Crippen LogP) is 4.99. The average molecular weight is 656 g/mol. The molecule has 1 amide bonds. The topological polar surface area (TPSA) is 171 Å². The summed E-state index contributed by atoms with van der Waals surface area (Å²) in [4.78, 5) is 31.3. The minimum absolute atomic E-state index is 0.0839. The van der Waals surface area contributed by atoms with Gasteiger partial charge in [-0.1, -0.05) is 35.9 Å². The van der Waals surface area contributed by atoms with Crippen molar-refractivity contribution in [2.75, 3.05) is 12.3 Å². The molecule has 1 unspecified atom stereocenters. The first kappa shape index (κ1) is 32.4. The molecule has 2 heterocycles. The Morgan fingerprint density at radius 1 is 1.17 bits per heavy atom. The summed E-state index contributed by atoms with van der Waals surface area (Å²) in [6.07, 6.45) is -3.07. The van der Waals surface area contributed by atoms with E-state index in [0.717, 1.165) is 5.56 Å². The third-order valence-electron chi connectivity index (χ3n) is 7.39. The van der Waals surface area contributed by atoms with Crippen LogP contribution in [-0.2, 0) is 4.79 Å². The molecule has 0 saturated heterocycles. The van der Waals surface area contributed by atoms with Crippen LogP contribution in [0.15, 0.2) is 66.9 Å². The second kappa shape index (κ2) is 13.2. The van der Waals surface area contributed by atoms with Crippen LogP contribution in [0.25, 0.3) is 11.3 Å². The Labute approximate surface area is 266 Å². The Morgan fingerprint density at radius 2 is 1.96 bits per heavy atom. The zero-order valence-corrected chi connectivity index (χ0v) is 25.1. The highest BCUT2D eigenvalue weighted by Gasteiger charge is 2.45. The summed E-state index contributed by atoms with van der Waals surface area (Å²) in [6, 6.07) is 13.0. The van der Waals surface area contributed by atoms with E-state index in [0.29, 0.717) is 24.1 Å². The minimum atomic E-state index is -4.86. The normalized spacial score (nSPS) is 17.2. The number of aliphatic carboxylic acids is 1. The average Bonchev–Trinajstić information content (AvgIpc) is 3.44. The van der Waals surface area contributed by atoms with E-state index in [1.165, 1.54) is 35.1 Å². The maximum Gasteiger partial charge on any atom is 0.429 e. The molecule has 15 heteroatoms. The van der Waals surface area contributed by atoms with E-state index < -0.39 is 36.7 Å². The molecule has 0 spiro atoms. The Hall–Kier alpha value is -4.95. The summed E-state index contributed by atoms with van der Waals surface area (Å²) >= 11 is 6.13. The molecule has 0 radical (unpaired) electrons. The summed E-state index contributed by atoms with van der Waals surface area (Å²) in [6.45, 7) is 1.19. The number of allylic oxidation sites excluding steroid dienone is 1. The van der Waals surface area contributed by atoms with E-state index in [1.807, 2.05) is 6.07 Å². The molecule has 0 fully saturated rings. The van der Waals surface area contributed by atoms with E-state index in [4.69, 9.17) is 32.9 Å². The fourth-order valence-corrected chi connectivity index (χ4v) is 5.45. The molecular formula is C31H29ClF3N7O4. The van der Waals surface area contributed by atoms with E-state index >= 15 is 0 Å². The number of hydrogen-bond acceptors (Lipinski definition) is 8. The van der Waals surface area contributed by atoms with Gasteiger partial charge < -0.3 is 26.6 Å². The number of alkyl halides is 3. The van der Waals surface area contributed by atoms with Crippen molar-refractivity contribution in [2.24, 2.45) is 5.73 Å². The van der Waals surface area contributed by atoms with Crippen LogP contribution in [-0.4, -0.2) is 55.5 Å². The summed E-state index contributed by atoms with van der Waals surface area (Å²) in [5.41, 5.74) is 14.8. The SMILES string of the molecule is Cc1ccn(-c2cc(Cl)ccc2[C@@H](Oc2cc(C3=C[C@H](N)C(c4cccc(C(=O)NCC(=O)O)c4)CC3)nc(N)n2)C(F)(F)F)n1. The molecule has 0 aliphatic heterocycles.